The van der Waals surface area contributed by atoms with E-state index in [9.17, 15) is 8.42 Å². The third-order valence-corrected chi connectivity index (χ3v) is 6.85. The van der Waals surface area contributed by atoms with Crippen molar-refractivity contribution < 1.29 is 12.9 Å². The standard InChI is InChI=1S/C18H20N2O3S2/c1-10-6-7-11(2)15(8-10)20-25(21,22)17-9-16(24-14(17)5)18-12(3)13(4)19-23-18/h6-9,20H,1-5H3. The molecule has 3 rings (SSSR count). The molecule has 3 aromatic rings. The van der Waals surface area contributed by atoms with E-state index in [4.69, 9.17) is 4.52 Å². The van der Waals surface area contributed by atoms with Gasteiger partial charge in [-0.2, -0.15) is 0 Å². The van der Waals surface area contributed by atoms with Gasteiger partial charge in [0.05, 0.1) is 16.3 Å². The Kier molecular flexibility index (Phi) is 4.47. The van der Waals surface area contributed by atoms with Crippen molar-refractivity contribution in [2.24, 2.45) is 0 Å². The van der Waals surface area contributed by atoms with E-state index >= 15 is 0 Å². The molecule has 0 aliphatic carbocycles. The second-order valence-corrected chi connectivity index (χ2v) is 9.08. The predicted octanol–water partition coefficient (Wildman–Crippen LogP) is 4.75. The first-order chi connectivity index (χ1) is 11.7. The van der Waals surface area contributed by atoms with Gasteiger partial charge in [-0.1, -0.05) is 17.3 Å². The van der Waals surface area contributed by atoms with Crippen LogP contribution in [-0.2, 0) is 10.0 Å². The fourth-order valence-corrected chi connectivity index (χ4v) is 5.28. The number of hydrogen-bond donors (Lipinski definition) is 1. The molecule has 132 valence electrons. The van der Waals surface area contributed by atoms with Gasteiger partial charge in [-0.25, -0.2) is 8.42 Å². The molecule has 0 unspecified atom stereocenters. The molecule has 7 heteroatoms. The Labute approximate surface area is 151 Å². The number of sulfonamides is 1. The number of aromatic nitrogens is 1. The number of rotatable bonds is 4. The minimum Gasteiger partial charge on any atom is -0.355 e. The topological polar surface area (TPSA) is 72.2 Å². The number of nitrogens with one attached hydrogen (secondary N) is 1. The van der Waals surface area contributed by atoms with Gasteiger partial charge in [-0.15, -0.1) is 11.3 Å². The number of hydrogen-bond acceptors (Lipinski definition) is 5. The van der Waals surface area contributed by atoms with Gasteiger partial charge < -0.3 is 4.52 Å². The van der Waals surface area contributed by atoms with Gasteiger partial charge >= 0.3 is 0 Å². The Bertz CT molecular complexity index is 1050. The Morgan fingerprint density at radius 1 is 1.08 bits per heavy atom. The lowest BCUT2D eigenvalue weighted by atomic mass is 10.1. The summed E-state index contributed by atoms with van der Waals surface area (Å²) in [5.41, 5.74) is 4.20. The zero-order valence-corrected chi connectivity index (χ0v) is 16.4. The summed E-state index contributed by atoms with van der Waals surface area (Å²) >= 11 is 1.39. The molecule has 1 N–H and O–H groups in total. The second kappa shape index (κ2) is 6.31. The van der Waals surface area contributed by atoms with Gasteiger partial charge in [0.25, 0.3) is 10.0 Å². The predicted molar refractivity (Wildman–Crippen MR) is 101 cm³/mol. The number of nitrogens with zero attached hydrogens (tertiary/aromatic N) is 1. The molecule has 0 fully saturated rings. The third-order valence-electron chi connectivity index (χ3n) is 4.18. The fourth-order valence-electron chi connectivity index (χ4n) is 2.53. The number of benzene rings is 1. The molecule has 0 saturated carbocycles. The molecule has 0 atom stereocenters. The van der Waals surface area contributed by atoms with E-state index in [1.807, 2.05) is 45.9 Å². The molecule has 0 bridgehead atoms. The summed E-state index contributed by atoms with van der Waals surface area (Å²) in [6, 6.07) is 7.34. The average molecular weight is 377 g/mol. The highest BCUT2D eigenvalue weighted by Crippen LogP contribution is 2.36. The summed E-state index contributed by atoms with van der Waals surface area (Å²) in [6.45, 7) is 9.38. The van der Waals surface area contributed by atoms with Gasteiger partial charge in [0.2, 0.25) is 0 Å². The summed E-state index contributed by atoms with van der Waals surface area (Å²) in [7, 11) is -3.68. The molecule has 0 aliphatic rings. The number of thiophene rings is 1. The summed E-state index contributed by atoms with van der Waals surface area (Å²) in [4.78, 5) is 1.74. The summed E-state index contributed by atoms with van der Waals surface area (Å²) in [5, 5.41) is 3.95. The van der Waals surface area contributed by atoms with E-state index in [2.05, 4.69) is 9.88 Å². The first-order valence-corrected chi connectivity index (χ1v) is 10.1. The lowest BCUT2D eigenvalue weighted by molar-refractivity contribution is 0.427. The monoisotopic (exact) mass is 376 g/mol. The van der Waals surface area contributed by atoms with Gasteiger partial charge in [0, 0.05) is 10.4 Å². The average Bonchev–Trinajstić information content (AvgIpc) is 3.07. The van der Waals surface area contributed by atoms with Crippen molar-refractivity contribution in [3.8, 4) is 10.6 Å². The van der Waals surface area contributed by atoms with Gasteiger partial charge in [0.15, 0.2) is 5.76 Å². The SMILES string of the molecule is Cc1ccc(C)c(NS(=O)(=O)c2cc(-c3onc(C)c3C)sc2C)c1. The number of anilines is 1. The third kappa shape index (κ3) is 3.34. The van der Waals surface area contributed by atoms with Crippen molar-refractivity contribution in [2.45, 2.75) is 39.5 Å². The van der Waals surface area contributed by atoms with Gasteiger partial charge in [-0.05, 0) is 57.9 Å². The van der Waals surface area contributed by atoms with Crippen LogP contribution in [0.5, 0.6) is 0 Å². The molecule has 25 heavy (non-hydrogen) atoms. The first-order valence-electron chi connectivity index (χ1n) is 7.83. The fraction of sp³-hybridized carbons (Fsp3) is 0.278. The molecule has 0 saturated heterocycles. The molecular formula is C18H20N2O3S2. The van der Waals surface area contributed by atoms with Crippen LogP contribution in [0, 0.1) is 34.6 Å². The van der Waals surface area contributed by atoms with Crippen LogP contribution in [0.1, 0.15) is 27.3 Å². The smallest absolute Gasteiger partial charge is 0.263 e. The van der Waals surface area contributed by atoms with Crippen molar-refractivity contribution in [2.75, 3.05) is 4.72 Å². The van der Waals surface area contributed by atoms with Crippen LogP contribution in [0.4, 0.5) is 5.69 Å². The molecule has 5 nitrogen and oxygen atoms in total. The summed E-state index contributed by atoms with van der Waals surface area (Å²) in [6.07, 6.45) is 0. The lowest BCUT2D eigenvalue weighted by Crippen LogP contribution is -2.14. The maximum absolute atomic E-state index is 12.9. The Morgan fingerprint density at radius 3 is 2.44 bits per heavy atom. The van der Waals surface area contributed by atoms with Crippen LogP contribution in [0.2, 0.25) is 0 Å². The zero-order chi connectivity index (χ0) is 18.4. The molecule has 0 aliphatic heterocycles. The van der Waals surface area contributed by atoms with Crippen LogP contribution in [0.15, 0.2) is 33.7 Å². The maximum Gasteiger partial charge on any atom is 0.263 e. The van der Waals surface area contributed by atoms with Crippen LogP contribution in [0.25, 0.3) is 10.6 Å². The van der Waals surface area contributed by atoms with E-state index < -0.39 is 10.0 Å². The van der Waals surface area contributed by atoms with Crippen LogP contribution in [0.3, 0.4) is 0 Å². The Hall–Kier alpha value is -2.12. The second-order valence-electron chi connectivity index (χ2n) is 6.18. The Morgan fingerprint density at radius 2 is 1.80 bits per heavy atom. The Balaban J connectivity index is 2.01. The summed E-state index contributed by atoms with van der Waals surface area (Å²) in [5.74, 6) is 0.624. The minimum atomic E-state index is -3.68. The highest BCUT2D eigenvalue weighted by Gasteiger charge is 2.23. The van der Waals surface area contributed by atoms with Crippen LogP contribution < -0.4 is 4.72 Å². The largest absolute Gasteiger partial charge is 0.355 e. The normalized spacial score (nSPS) is 11.7. The van der Waals surface area contributed by atoms with Crippen LogP contribution in [-0.4, -0.2) is 13.6 Å². The molecule has 0 radical (unpaired) electrons. The van der Waals surface area contributed by atoms with Crippen molar-refractivity contribution in [1.29, 1.82) is 0 Å². The molecule has 1 aromatic carbocycles. The highest BCUT2D eigenvalue weighted by atomic mass is 32.2. The van der Waals surface area contributed by atoms with E-state index in [-0.39, 0.29) is 4.90 Å². The van der Waals surface area contributed by atoms with Crippen molar-refractivity contribution >= 4 is 27.0 Å². The van der Waals surface area contributed by atoms with Gasteiger partial charge in [0.1, 0.15) is 4.90 Å². The quantitative estimate of drug-likeness (QED) is 0.713. The minimum absolute atomic E-state index is 0.266. The molecular weight excluding hydrogens is 356 g/mol. The lowest BCUT2D eigenvalue weighted by Gasteiger charge is -2.11. The van der Waals surface area contributed by atoms with E-state index in [0.29, 0.717) is 16.3 Å². The van der Waals surface area contributed by atoms with E-state index in [0.717, 1.165) is 27.3 Å². The van der Waals surface area contributed by atoms with Crippen molar-refractivity contribution in [1.82, 2.24) is 5.16 Å². The maximum atomic E-state index is 12.9. The number of aryl methyl sites for hydroxylation is 4. The zero-order valence-electron chi connectivity index (χ0n) is 14.8. The molecule has 2 heterocycles. The first kappa shape index (κ1) is 17.7. The highest BCUT2D eigenvalue weighted by molar-refractivity contribution is 7.93. The van der Waals surface area contributed by atoms with Gasteiger partial charge in [-0.3, -0.25) is 4.72 Å². The van der Waals surface area contributed by atoms with Crippen LogP contribution >= 0.6 is 11.3 Å². The molecule has 0 amide bonds. The summed E-state index contributed by atoms with van der Waals surface area (Å²) < 4.78 is 33.8. The molecule has 0 spiro atoms. The molecule has 2 aromatic heterocycles. The van der Waals surface area contributed by atoms with Crippen molar-refractivity contribution in [3.05, 3.63) is 51.5 Å². The van der Waals surface area contributed by atoms with E-state index in [1.54, 1.807) is 13.0 Å². The van der Waals surface area contributed by atoms with Crippen molar-refractivity contribution in [3.63, 3.8) is 0 Å². The van der Waals surface area contributed by atoms with E-state index in [1.165, 1.54) is 11.3 Å².